The van der Waals surface area contributed by atoms with Gasteiger partial charge in [-0.2, -0.15) is 0 Å². The molecule has 7 nitrogen and oxygen atoms in total. The summed E-state index contributed by atoms with van der Waals surface area (Å²) < 4.78 is 6.55. The zero-order chi connectivity index (χ0) is 19.2. The van der Waals surface area contributed by atoms with Gasteiger partial charge in [-0.15, -0.1) is 0 Å². The highest BCUT2D eigenvalue weighted by atomic mass is 16.4. The number of fused-ring (bicyclic) bond motifs is 1. The maximum Gasteiger partial charge on any atom is 0.419 e. The van der Waals surface area contributed by atoms with Crippen LogP contribution in [-0.2, 0) is 22.7 Å². The van der Waals surface area contributed by atoms with Crippen molar-refractivity contribution in [1.82, 2.24) is 15.2 Å². The van der Waals surface area contributed by atoms with Crippen molar-refractivity contribution in [3.63, 3.8) is 0 Å². The van der Waals surface area contributed by atoms with Crippen LogP contribution < -0.4 is 16.4 Å². The Balaban J connectivity index is 1.50. The summed E-state index contributed by atoms with van der Waals surface area (Å²) >= 11 is 0. The molecule has 0 saturated carbocycles. The lowest BCUT2D eigenvalue weighted by Gasteiger charge is -2.14. The predicted molar refractivity (Wildman–Crippen MR) is 101 cm³/mol. The minimum atomic E-state index is -0.668. The highest BCUT2D eigenvalue weighted by Gasteiger charge is 2.16. The molecule has 140 valence electrons. The van der Waals surface area contributed by atoms with Crippen molar-refractivity contribution >= 4 is 22.9 Å². The fraction of sp³-hybridized carbons (Fsp3) is 0.250. The standard InChI is InChI=1S/C20H21N3O4/c1-14(19(25)21-13-15-7-3-2-4-8-15)22-18(24)11-12-23-16-9-5-6-10-17(16)27-20(23)26/h2-10,14H,11-13H2,1H3,(H,21,25)(H,22,24)/t14-/m1/s1. The lowest BCUT2D eigenvalue weighted by molar-refractivity contribution is -0.128. The van der Waals surface area contributed by atoms with Gasteiger partial charge in [0.05, 0.1) is 5.52 Å². The van der Waals surface area contributed by atoms with Crippen LogP contribution >= 0.6 is 0 Å². The summed E-state index contributed by atoms with van der Waals surface area (Å²) in [5, 5.41) is 5.43. The van der Waals surface area contributed by atoms with Gasteiger partial charge in [0.1, 0.15) is 6.04 Å². The number of aryl methyl sites for hydroxylation is 1. The first-order chi connectivity index (χ1) is 13.0. The molecule has 7 heteroatoms. The summed E-state index contributed by atoms with van der Waals surface area (Å²) in [6.07, 6.45) is 0.0692. The largest absolute Gasteiger partial charge is 0.419 e. The maximum absolute atomic E-state index is 12.1. The topological polar surface area (TPSA) is 93.3 Å². The summed E-state index contributed by atoms with van der Waals surface area (Å²) in [4.78, 5) is 36.2. The van der Waals surface area contributed by atoms with Crippen LogP contribution in [0.5, 0.6) is 0 Å². The van der Waals surface area contributed by atoms with E-state index >= 15 is 0 Å². The third kappa shape index (κ3) is 4.63. The number of aromatic nitrogens is 1. The highest BCUT2D eigenvalue weighted by Crippen LogP contribution is 2.11. The number of hydrogen-bond donors (Lipinski definition) is 2. The highest BCUT2D eigenvalue weighted by molar-refractivity contribution is 5.87. The number of benzene rings is 2. The summed E-state index contributed by atoms with van der Waals surface area (Å²) in [5.41, 5.74) is 2.11. The minimum absolute atomic E-state index is 0.0692. The van der Waals surface area contributed by atoms with Gasteiger partial charge in [0, 0.05) is 19.5 Å². The fourth-order valence-electron chi connectivity index (χ4n) is 2.76. The Morgan fingerprint density at radius 3 is 2.56 bits per heavy atom. The van der Waals surface area contributed by atoms with E-state index in [9.17, 15) is 14.4 Å². The quantitative estimate of drug-likeness (QED) is 0.666. The zero-order valence-electron chi connectivity index (χ0n) is 15.0. The van der Waals surface area contributed by atoms with Crippen molar-refractivity contribution in [2.24, 2.45) is 0 Å². The van der Waals surface area contributed by atoms with E-state index in [4.69, 9.17) is 4.42 Å². The maximum atomic E-state index is 12.1. The Labute approximate surface area is 156 Å². The third-order valence-electron chi connectivity index (χ3n) is 4.22. The van der Waals surface area contributed by atoms with E-state index in [0.717, 1.165) is 5.56 Å². The van der Waals surface area contributed by atoms with Crippen LogP contribution in [0.25, 0.3) is 11.1 Å². The van der Waals surface area contributed by atoms with E-state index in [1.807, 2.05) is 30.3 Å². The Kier molecular flexibility index (Phi) is 5.71. The lowest BCUT2D eigenvalue weighted by atomic mass is 10.2. The Morgan fingerprint density at radius 2 is 1.78 bits per heavy atom. The van der Waals surface area contributed by atoms with Crippen molar-refractivity contribution in [2.75, 3.05) is 0 Å². The van der Waals surface area contributed by atoms with Crippen LogP contribution in [0.1, 0.15) is 18.9 Å². The van der Waals surface area contributed by atoms with Crippen LogP contribution in [0.15, 0.2) is 63.8 Å². The van der Waals surface area contributed by atoms with Gasteiger partial charge in [-0.3, -0.25) is 14.2 Å². The van der Waals surface area contributed by atoms with Gasteiger partial charge in [0.25, 0.3) is 0 Å². The molecule has 2 aromatic carbocycles. The summed E-state index contributed by atoms with van der Waals surface area (Å²) in [6, 6.07) is 15.9. The Hall–Kier alpha value is -3.35. The van der Waals surface area contributed by atoms with E-state index in [2.05, 4.69) is 10.6 Å². The summed E-state index contributed by atoms with van der Waals surface area (Å²) in [6.45, 7) is 2.20. The van der Waals surface area contributed by atoms with Gasteiger partial charge in [0.15, 0.2) is 5.58 Å². The van der Waals surface area contributed by atoms with Gasteiger partial charge in [0.2, 0.25) is 11.8 Å². The first-order valence-electron chi connectivity index (χ1n) is 8.74. The van der Waals surface area contributed by atoms with E-state index in [0.29, 0.717) is 17.6 Å². The number of nitrogens with one attached hydrogen (secondary N) is 2. The number of amides is 2. The number of oxazole rings is 1. The number of hydrogen-bond acceptors (Lipinski definition) is 4. The number of carbonyl (C=O) groups excluding carboxylic acids is 2. The fourth-order valence-corrected chi connectivity index (χ4v) is 2.76. The van der Waals surface area contributed by atoms with Crippen LogP contribution in [-0.4, -0.2) is 22.4 Å². The van der Waals surface area contributed by atoms with Gasteiger partial charge in [-0.1, -0.05) is 42.5 Å². The molecule has 0 unspecified atom stereocenters. The van der Waals surface area contributed by atoms with E-state index in [1.54, 1.807) is 31.2 Å². The van der Waals surface area contributed by atoms with Crippen LogP contribution in [0, 0.1) is 0 Å². The van der Waals surface area contributed by atoms with Crippen molar-refractivity contribution in [2.45, 2.75) is 32.5 Å². The molecule has 0 aliphatic carbocycles. The van der Waals surface area contributed by atoms with Crippen molar-refractivity contribution in [1.29, 1.82) is 0 Å². The number of para-hydroxylation sites is 2. The molecule has 1 aromatic heterocycles. The predicted octanol–water partition coefficient (Wildman–Crippen LogP) is 1.81. The minimum Gasteiger partial charge on any atom is -0.408 e. The SMILES string of the molecule is C[C@@H](NC(=O)CCn1c(=O)oc2ccccc21)C(=O)NCc1ccccc1. The van der Waals surface area contributed by atoms with Crippen LogP contribution in [0.2, 0.25) is 0 Å². The molecule has 2 N–H and O–H groups in total. The van der Waals surface area contributed by atoms with Crippen molar-refractivity contribution in [3.05, 3.63) is 70.7 Å². The first-order valence-corrected chi connectivity index (χ1v) is 8.74. The van der Waals surface area contributed by atoms with Crippen molar-refractivity contribution < 1.29 is 14.0 Å². The molecule has 0 aliphatic rings. The lowest BCUT2D eigenvalue weighted by Crippen LogP contribution is -2.44. The Bertz CT molecular complexity index is 991. The molecule has 0 radical (unpaired) electrons. The number of carbonyl (C=O) groups is 2. The van der Waals surface area contributed by atoms with Crippen molar-refractivity contribution in [3.8, 4) is 0 Å². The number of nitrogens with zero attached hydrogens (tertiary/aromatic N) is 1. The van der Waals surface area contributed by atoms with Gasteiger partial charge >= 0.3 is 5.76 Å². The molecule has 3 rings (SSSR count). The van der Waals surface area contributed by atoms with Crippen LogP contribution in [0.4, 0.5) is 0 Å². The van der Waals surface area contributed by atoms with E-state index < -0.39 is 11.8 Å². The smallest absolute Gasteiger partial charge is 0.408 e. The zero-order valence-corrected chi connectivity index (χ0v) is 15.0. The third-order valence-corrected chi connectivity index (χ3v) is 4.22. The van der Waals surface area contributed by atoms with E-state index in [-0.39, 0.29) is 24.8 Å². The molecule has 1 atom stereocenters. The van der Waals surface area contributed by atoms with Gasteiger partial charge in [-0.25, -0.2) is 4.79 Å². The second-order valence-electron chi connectivity index (χ2n) is 6.23. The molecule has 0 saturated heterocycles. The average Bonchev–Trinajstić information content (AvgIpc) is 3.00. The normalized spacial score (nSPS) is 11.9. The monoisotopic (exact) mass is 367 g/mol. The molecule has 0 fully saturated rings. The average molecular weight is 367 g/mol. The second-order valence-corrected chi connectivity index (χ2v) is 6.23. The summed E-state index contributed by atoms with van der Waals surface area (Å²) in [5.74, 6) is -1.08. The summed E-state index contributed by atoms with van der Waals surface area (Å²) in [7, 11) is 0. The van der Waals surface area contributed by atoms with Gasteiger partial charge < -0.3 is 15.1 Å². The molecule has 0 bridgehead atoms. The molecular weight excluding hydrogens is 346 g/mol. The molecule has 0 aliphatic heterocycles. The molecule has 1 heterocycles. The molecule has 27 heavy (non-hydrogen) atoms. The second kappa shape index (κ2) is 8.35. The van der Waals surface area contributed by atoms with Crippen LogP contribution in [0.3, 0.4) is 0 Å². The van der Waals surface area contributed by atoms with E-state index in [1.165, 1.54) is 4.57 Å². The molecule has 2 amide bonds. The first kappa shape index (κ1) is 18.4. The molecule has 3 aromatic rings. The number of rotatable bonds is 7. The van der Waals surface area contributed by atoms with Gasteiger partial charge in [-0.05, 0) is 24.6 Å². The molecular formula is C20H21N3O4. The Morgan fingerprint density at radius 1 is 1.07 bits per heavy atom. The molecule has 0 spiro atoms.